The van der Waals surface area contributed by atoms with E-state index in [2.05, 4.69) is 0 Å². The number of nitrogens with zero attached hydrogens (tertiary/aromatic N) is 2. The summed E-state index contributed by atoms with van der Waals surface area (Å²) >= 11 is 0. The molecule has 0 radical (unpaired) electrons. The summed E-state index contributed by atoms with van der Waals surface area (Å²) in [6.07, 6.45) is 3.92. The topological polar surface area (TPSA) is 101 Å². The normalized spacial score (nSPS) is 15.2. The van der Waals surface area contributed by atoms with Crippen molar-refractivity contribution in [3.05, 3.63) is 82.7 Å². The lowest BCUT2D eigenvalue weighted by molar-refractivity contribution is 0.0862. The number of anilines is 2. The number of furan rings is 2. The summed E-state index contributed by atoms with van der Waals surface area (Å²) in [5.41, 5.74) is -5.05. The third-order valence-corrected chi connectivity index (χ3v) is 5.71. The highest BCUT2D eigenvalue weighted by molar-refractivity contribution is 6.42. The number of halogens is 4. The van der Waals surface area contributed by atoms with E-state index >= 15 is 17.6 Å². The van der Waals surface area contributed by atoms with Crippen LogP contribution < -0.4 is 9.80 Å². The Morgan fingerprint density at radius 3 is 1.06 bits per heavy atom. The lowest BCUT2D eigenvalue weighted by Crippen LogP contribution is -2.45. The Bertz CT molecular complexity index is 1420. The van der Waals surface area contributed by atoms with Crippen LogP contribution in [0.25, 0.3) is 10.8 Å². The molecule has 4 heterocycles. The largest absolute Gasteiger partial charge is 0.470 e. The van der Waals surface area contributed by atoms with E-state index in [0.717, 1.165) is 37.2 Å². The van der Waals surface area contributed by atoms with Gasteiger partial charge in [0.2, 0.25) is 0 Å². The van der Waals surface area contributed by atoms with Crippen LogP contribution in [0.4, 0.5) is 28.9 Å². The first-order valence-electron chi connectivity index (χ1n) is 9.43. The summed E-state index contributed by atoms with van der Waals surface area (Å²) in [7, 11) is 0. The molecule has 0 unspecified atom stereocenters. The van der Waals surface area contributed by atoms with Gasteiger partial charge in [0.25, 0.3) is 23.6 Å². The molecule has 0 fully saturated rings. The van der Waals surface area contributed by atoms with Crippen molar-refractivity contribution in [3.8, 4) is 0 Å². The molecule has 2 aliphatic rings. The number of amides is 4. The maximum absolute atomic E-state index is 15.3. The second-order valence-electron chi connectivity index (χ2n) is 7.36. The lowest BCUT2D eigenvalue weighted by atomic mass is 9.84. The quantitative estimate of drug-likeness (QED) is 0.322. The Labute approximate surface area is 184 Å². The third-order valence-electron chi connectivity index (χ3n) is 5.71. The molecule has 6 rings (SSSR count). The molecular weight excluding hydrogens is 464 g/mol. The Morgan fingerprint density at radius 2 is 0.824 bits per heavy atom. The second kappa shape index (κ2) is 6.41. The number of carbonyl (C=O) groups excluding carboxylic acids is 4. The molecular formula is C22H6F4N2O6. The van der Waals surface area contributed by atoms with Crippen LogP contribution in [0.15, 0.2) is 46.0 Å². The number of benzene rings is 2. The molecule has 0 saturated carbocycles. The monoisotopic (exact) mass is 470 g/mol. The van der Waals surface area contributed by atoms with E-state index in [1.165, 1.54) is 0 Å². The molecule has 0 spiro atoms. The molecule has 0 saturated heterocycles. The number of carbonyl (C=O) groups is 4. The van der Waals surface area contributed by atoms with E-state index in [1.54, 1.807) is 0 Å². The van der Waals surface area contributed by atoms with Crippen LogP contribution in [0.1, 0.15) is 41.4 Å². The first-order valence-corrected chi connectivity index (χ1v) is 9.43. The molecule has 2 aromatic carbocycles. The SMILES string of the molecule is O=C1c2c(F)c(F)c3c4c(c(F)c(F)c(c24)C(=O)N1c1ccoc1)C(=O)N(c1ccoc1)C3=O. The zero-order valence-electron chi connectivity index (χ0n) is 16.3. The van der Waals surface area contributed by atoms with E-state index in [0.29, 0.717) is 0 Å². The minimum Gasteiger partial charge on any atom is -0.470 e. The van der Waals surface area contributed by atoms with Gasteiger partial charge in [0.05, 0.1) is 46.2 Å². The van der Waals surface area contributed by atoms with Gasteiger partial charge in [-0.15, -0.1) is 0 Å². The highest BCUT2D eigenvalue weighted by Crippen LogP contribution is 2.44. The van der Waals surface area contributed by atoms with Gasteiger partial charge in [-0.3, -0.25) is 19.2 Å². The van der Waals surface area contributed by atoms with Gasteiger partial charge in [-0.2, -0.15) is 0 Å². The van der Waals surface area contributed by atoms with Crippen LogP contribution in [0.5, 0.6) is 0 Å². The fraction of sp³-hybridized carbons (Fsp3) is 0. The molecule has 4 amide bonds. The molecule has 0 atom stereocenters. The molecule has 2 aromatic heterocycles. The van der Waals surface area contributed by atoms with Crippen molar-refractivity contribution < 1.29 is 45.6 Å². The molecule has 4 aromatic rings. The van der Waals surface area contributed by atoms with Crippen LogP contribution in [-0.2, 0) is 0 Å². The van der Waals surface area contributed by atoms with Crippen molar-refractivity contribution >= 4 is 45.8 Å². The first kappa shape index (κ1) is 19.9. The zero-order valence-corrected chi connectivity index (χ0v) is 16.3. The average Bonchev–Trinajstić information content (AvgIpc) is 3.50. The zero-order chi connectivity index (χ0) is 24.0. The van der Waals surface area contributed by atoms with Crippen LogP contribution >= 0.6 is 0 Å². The molecule has 12 heteroatoms. The molecule has 8 nitrogen and oxygen atoms in total. The summed E-state index contributed by atoms with van der Waals surface area (Å²) in [5.74, 6) is -13.2. The van der Waals surface area contributed by atoms with Gasteiger partial charge >= 0.3 is 0 Å². The number of hydrogen-bond donors (Lipinski definition) is 0. The molecule has 168 valence electrons. The van der Waals surface area contributed by atoms with E-state index in [9.17, 15) is 19.2 Å². The van der Waals surface area contributed by atoms with Crippen molar-refractivity contribution in [1.29, 1.82) is 0 Å². The summed E-state index contributed by atoms with van der Waals surface area (Å²) in [6.45, 7) is 0. The van der Waals surface area contributed by atoms with E-state index in [1.807, 2.05) is 0 Å². The summed E-state index contributed by atoms with van der Waals surface area (Å²) in [4.78, 5) is 52.8. The summed E-state index contributed by atoms with van der Waals surface area (Å²) in [6, 6.07) is 2.23. The van der Waals surface area contributed by atoms with Gasteiger partial charge in [0.15, 0.2) is 23.3 Å². The van der Waals surface area contributed by atoms with E-state index in [4.69, 9.17) is 8.83 Å². The summed E-state index contributed by atoms with van der Waals surface area (Å²) < 4.78 is 70.6. The van der Waals surface area contributed by atoms with Crippen molar-refractivity contribution in [3.63, 3.8) is 0 Å². The van der Waals surface area contributed by atoms with E-state index < -0.39 is 79.9 Å². The number of imide groups is 2. The summed E-state index contributed by atoms with van der Waals surface area (Å²) in [5, 5.41) is -1.74. The highest BCUT2D eigenvalue weighted by Gasteiger charge is 2.48. The van der Waals surface area contributed by atoms with Crippen molar-refractivity contribution in [1.82, 2.24) is 0 Å². The van der Waals surface area contributed by atoms with Crippen LogP contribution in [-0.4, -0.2) is 23.6 Å². The predicted octanol–water partition coefficient (Wildman–Crippen LogP) is 4.18. The standard InChI is InChI=1S/C22H6F4N2O6/c23-15-11-9-10-13(17(15)25)21(31)28(8-2-4-34-6-8)22(32)14(10)18(26)16(24)12(9)20(30)27(19(11)29)7-1-3-33-5-7/h1-6H. The molecule has 0 bridgehead atoms. The minimum atomic E-state index is -1.87. The van der Waals surface area contributed by atoms with Gasteiger partial charge in [0.1, 0.15) is 12.5 Å². The fourth-order valence-corrected chi connectivity index (χ4v) is 4.30. The van der Waals surface area contributed by atoms with Gasteiger partial charge in [-0.25, -0.2) is 27.4 Å². The van der Waals surface area contributed by atoms with Gasteiger partial charge < -0.3 is 8.83 Å². The lowest BCUT2D eigenvalue weighted by Gasteiger charge is -2.32. The van der Waals surface area contributed by atoms with Gasteiger partial charge in [0, 0.05) is 22.9 Å². The Morgan fingerprint density at radius 1 is 0.529 bits per heavy atom. The Hall–Kier alpha value is -4.74. The smallest absolute Gasteiger partial charge is 0.269 e. The van der Waals surface area contributed by atoms with Crippen LogP contribution in [0, 0.1) is 23.3 Å². The molecule has 0 N–H and O–H groups in total. The fourth-order valence-electron chi connectivity index (χ4n) is 4.30. The van der Waals surface area contributed by atoms with Gasteiger partial charge in [-0.1, -0.05) is 0 Å². The maximum atomic E-state index is 15.3. The van der Waals surface area contributed by atoms with Crippen LogP contribution in [0.3, 0.4) is 0 Å². The third kappa shape index (κ3) is 2.16. The van der Waals surface area contributed by atoms with Crippen molar-refractivity contribution in [2.24, 2.45) is 0 Å². The van der Waals surface area contributed by atoms with Crippen LogP contribution in [0.2, 0.25) is 0 Å². The van der Waals surface area contributed by atoms with Crippen molar-refractivity contribution in [2.45, 2.75) is 0 Å². The predicted molar refractivity (Wildman–Crippen MR) is 103 cm³/mol. The molecule has 0 aliphatic carbocycles. The number of hydrogen-bond acceptors (Lipinski definition) is 6. The van der Waals surface area contributed by atoms with Crippen molar-refractivity contribution in [2.75, 3.05) is 9.80 Å². The maximum Gasteiger partial charge on any atom is 0.269 e. The second-order valence-corrected chi connectivity index (χ2v) is 7.36. The molecule has 34 heavy (non-hydrogen) atoms. The van der Waals surface area contributed by atoms with Gasteiger partial charge in [-0.05, 0) is 0 Å². The number of rotatable bonds is 2. The average molecular weight is 470 g/mol. The highest BCUT2D eigenvalue weighted by atomic mass is 19.2. The molecule has 2 aliphatic heterocycles. The minimum absolute atomic E-state index is 0.257. The first-order chi connectivity index (χ1) is 16.3. The Kier molecular flexibility index (Phi) is 3.75. The Balaban J connectivity index is 1.78. The van der Waals surface area contributed by atoms with E-state index in [-0.39, 0.29) is 21.2 Å².